The first-order chi connectivity index (χ1) is 9.49. The Morgan fingerprint density at radius 2 is 1.90 bits per heavy atom. The van der Waals surface area contributed by atoms with Gasteiger partial charge in [-0.2, -0.15) is 0 Å². The third-order valence-corrected chi connectivity index (χ3v) is 3.28. The summed E-state index contributed by atoms with van der Waals surface area (Å²) in [5.74, 6) is -0.524. The topological polar surface area (TPSA) is 69.2 Å². The summed E-state index contributed by atoms with van der Waals surface area (Å²) >= 11 is 5.71. The molecule has 0 saturated heterocycles. The van der Waals surface area contributed by atoms with E-state index in [1.807, 2.05) is 0 Å². The van der Waals surface area contributed by atoms with Crippen molar-refractivity contribution in [3.8, 4) is 0 Å². The minimum atomic E-state index is -0.560. The van der Waals surface area contributed by atoms with Gasteiger partial charge in [0, 0.05) is 23.7 Å². The van der Waals surface area contributed by atoms with Crippen LogP contribution in [0.25, 0.3) is 0 Å². The molecule has 0 heterocycles. The number of benzene rings is 2. The van der Waals surface area contributed by atoms with E-state index >= 15 is 0 Å². The van der Waals surface area contributed by atoms with E-state index in [4.69, 9.17) is 17.3 Å². The first-order valence-corrected chi connectivity index (χ1v) is 6.29. The minimum absolute atomic E-state index is 0.0104. The van der Waals surface area contributed by atoms with Crippen LogP contribution < -0.4 is 5.73 Å². The number of hydrogen-bond donors (Lipinski definition) is 1. The Kier molecular flexibility index (Phi) is 4.32. The second-order valence-electron chi connectivity index (χ2n) is 4.38. The average molecular weight is 295 g/mol. The Morgan fingerprint density at radius 1 is 1.25 bits per heavy atom. The Hall–Kier alpha value is -1.98. The molecule has 2 aromatic rings. The number of non-ortho nitro benzene ring substituents is 1. The maximum absolute atomic E-state index is 13.8. The van der Waals surface area contributed by atoms with Crippen molar-refractivity contribution < 1.29 is 9.31 Å². The van der Waals surface area contributed by atoms with Crippen LogP contribution in [-0.2, 0) is 6.42 Å². The molecule has 1 unspecified atom stereocenters. The molecule has 2 N–H and O–H groups in total. The lowest BCUT2D eigenvalue weighted by atomic mass is 9.99. The highest BCUT2D eigenvalue weighted by molar-refractivity contribution is 6.30. The molecule has 0 radical (unpaired) electrons. The van der Waals surface area contributed by atoms with Crippen LogP contribution in [0.15, 0.2) is 42.5 Å². The largest absolute Gasteiger partial charge is 0.324 e. The molecule has 0 bridgehead atoms. The van der Waals surface area contributed by atoms with E-state index in [-0.39, 0.29) is 10.7 Å². The van der Waals surface area contributed by atoms with E-state index in [9.17, 15) is 14.5 Å². The maximum Gasteiger partial charge on any atom is 0.269 e. The second-order valence-corrected chi connectivity index (χ2v) is 4.78. The number of hydrogen-bond acceptors (Lipinski definition) is 3. The summed E-state index contributed by atoms with van der Waals surface area (Å²) in [4.78, 5) is 10.1. The average Bonchev–Trinajstić information content (AvgIpc) is 2.42. The van der Waals surface area contributed by atoms with Crippen molar-refractivity contribution in [2.45, 2.75) is 12.5 Å². The molecule has 104 valence electrons. The molecule has 0 fully saturated rings. The molecular weight excluding hydrogens is 283 g/mol. The number of nitrogens with zero attached hydrogens (tertiary/aromatic N) is 1. The van der Waals surface area contributed by atoms with E-state index in [1.54, 1.807) is 24.3 Å². The molecule has 6 heteroatoms. The van der Waals surface area contributed by atoms with Crippen molar-refractivity contribution in [3.63, 3.8) is 0 Å². The van der Waals surface area contributed by atoms with Crippen LogP contribution in [-0.4, -0.2) is 4.92 Å². The monoisotopic (exact) mass is 294 g/mol. The molecule has 0 aromatic heterocycles. The lowest BCUT2D eigenvalue weighted by Crippen LogP contribution is -2.15. The van der Waals surface area contributed by atoms with Gasteiger partial charge in [-0.3, -0.25) is 10.1 Å². The van der Waals surface area contributed by atoms with Crippen LogP contribution in [0.2, 0.25) is 5.02 Å². The highest BCUT2D eigenvalue weighted by atomic mass is 35.5. The van der Waals surface area contributed by atoms with Gasteiger partial charge in [0.15, 0.2) is 0 Å². The smallest absolute Gasteiger partial charge is 0.269 e. The van der Waals surface area contributed by atoms with Gasteiger partial charge in [0.05, 0.1) is 9.95 Å². The molecule has 0 spiro atoms. The summed E-state index contributed by atoms with van der Waals surface area (Å²) in [5.41, 5.74) is 7.10. The van der Waals surface area contributed by atoms with Gasteiger partial charge in [-0.1, -0.05) is 35.9 Å². The van der Waals surface area contributed by atoms with Crippen LogP contribution in [0.1, 0.15) is 17.2 Å². The Morgan fingerprint density at radius 3 is 2.50 bits per heavy atom. The maximum atomic E-state index is 13.8. The van der Waals surface area contributed by atoms with Gasteiger partial charge in [-0.05, 0) is 18.1 Å². The van der Waals surface area contributed by atoms with E-state index < -0.39 is 16.8 Å². The molecule has 0 aliphatic heterocycles. The van der Waals surface area contributed by atoms with E-state index in [0.717, 1.165) is 5.56 Å². The van der Waals surface area contributed by atoms with Gasteiger partial charge in [-0.25, -0.2) is 4.39 Å². The highest BCUT2D eigenvalue weighted by Gasteiger charge is 2.14. The molecule has 1 atom stereocenters. The van der Waals surface area contributed by atoms with Crippen LogP contribution in [0.3, 0.4) is 0 Å². The first-order valence-electron chi connectivity index (χ1n) is 5.92. The van der Waals surface area contributed by atoms with E-state index in [0.29, 0.717) is 12.0 Å². The second kappa shape index (κ2) is 5.98. The SMILES string of the molecule is NC(Cc1ccc([N+](=O)[O-])cc1)c1cccc(Cl)c1F. The van der Waals surface area contributed by atoms with Crippen LogP contribution >= 0.6 is 11.6 Å². The van der Waals surface area contributed by atoms with E-state index in [1.165, 1.54) is 18.2 Å². The predicted octanol–water partition coefficient (Wildman–Crippen LogP) is 3.63. The number of nitro groups is 1. The lowest BCUT2D eigenvalue weighted by molar-refractivity contribution is -0.384. The fourth-order valence-electron chi connectivity index (χ4n) is 1.92. The number of halogens is 2. The predicted molar refractivity (Wildman–Crippen MR) is 75.1 cm³/mol. The highest BCUT2D eigenvalue weighted by Crippen LogP contribution is 2.25. The zero-order valence-electron chi connectivity index (χ0n) is 10.4. The summed E-state index contributed by atoms with van der Waals surface area (Å²) < 4.78 is 13.8. The van der Waals surface area contributed by atoms with Crippen molar-refractivity contribution >= 4 is 17.3 Å². The summed E-state index contributed by atoms with van der Waals surface area (Å²) in [7, 11) is 0. The Labute approximate surface area is 120 Å². The lowest BCUT2D eigenvalue weighted by Gasteiger charge is -2.13. The quantitative estimate of drug-likeness (QED) is 0.691. The number of rotatable bonds is 4. The van der Waals surface area contributed by atoms with Gasteiger partial charge in [-0.15, -0.1) is 0 Å². The van der Waals surface area contributed by atoms with Gasteiger partial charge in [0.1, 0.15) is 5.82 Å². The third-order valence-electron chi connectivity index (χ3n) is 2.98. The molecule has 0 aliphatic carbocycles. The zero-order chi connectivity index (χ0) is 14.7. The van der Waals surface area contributed by atoms with Gasteiger partial charge in [0.25, 0.3) is 5.69 Å². The van der Waals surface area contributed by atoms with Gasteiger partial charge >= 0.3 is 0 Å². The fourth-order valence-corrected chi connectivity index (χ4v) is 2.11. The Balaban J connectivity index is 2.17. The molecular formula is C14H12ClFN2O2. The molecule has 2 rings (SSSR count). The van der Waals surface area contributed by atoms with Crippen molar-refractivity contribution in [1.29, 1.82) is 0 Å². The molecule has 2 aromatic carbocycles. The van der Waals surface area contributed by atoms with Crippen molar-refractivity contribution in [1.82, 2.24) is 0 Å². The third kappa shape index (κ3) is 3.12. The minimum Gasteiger partial charge on any atom is -0.324 e. The standard InChI is InChI=1S/C14H12ClFN2O2/c15-12-3-1-2-11(14(12)16)13(17)8-9-4-6-10(7-5-9)18(19)20/h1-7,13H,8,17H2. The van der Waals surface area contributed by atoms with Crippen LogP contribution in [0, 0.1) is 15.9 Å². The van der Waals surface area contributed by atoms with Crippen LogP contribution in [0.5, 0.6) is 0 Å². The molecule has 4 nitrogen and oxygen atoms in total. The summed E-state index contributed by atoms with van der Waals surface area (Å²) in [6.45, 7) is 0. The number of nitrogens with two attached hydrogens (primary N) is 1. The molecule has 0 aliphatic rings. The fraction of sp³-hybridized carbons (Fsp3) is 0.143. The Bertz CT molecular complexity index is 632. The van der Waals surface area contributed by atoms with Crippen molar-refractivity contribution in [2.24, 2.45) is 5.73 Å². The summed E-state index contributed by atoms with van der Waals surface area (Å²) in [6.07, 6.45) is 0.370. The summed E-state index contributed by atoms with van der Waals surface area (Å²) in [5, 5.41) is 10.6. The van der Waals surface area contributed by atoms with Crippen molar-refractivity contribution in [2.75, 3.05) is 0 Å². The molecule has 20 heavy (non-hydrogen) atoms. The van der Waals surface area contributed by atoms with Gasteiger partial charge in [0.2, 0.25) is 0 Å². The van der Waals surface area contributed by atoms with Gasteiger partial charge < -0.3 is 5.73 Å². The zero-order valence-corrected chi connectivity index (χ0v) is 11.2. The van der Waals surface area contributed by atoms with Crippen LogP contribution in [0.4, 0.5) is 10.1 Å². The van der Waals surface area contributed by atoms with E-state index in [2.05, 4.69) is 0 Å². The molecule has 0 saturated carbocycles. The molecule has 0 amide bonds. The number of nitro benzene ring substituents is 1. The summed E-state index contributed by atoms with van der Waals surface area (Å²) in [6, 6.07) is 10.1. The first kappa shape index (κ1) is 14.4. The van der Waals surface area contributed by atoms with Crippen molar-refractivity contribution in [3.05, 3.63) is 74.5 Å². The normalized spacial score (nSPS) is 12.2.